The molecule has 38 heavy (non-hydrogen) atoms. The van der Waals surface area contributed by atoms with E-state index in [4.69, 9.17) is 25.8 Å². The average Bonchev–Trinajstić information content (AvgIpc) is 2.91. The van der Waals surface area contributed by atoms with E-state index in [0.29, 0.717) is 40.1 Å². The molecule has 0 unspecified atom stereocenters. The smallest absolute Gasteiger partial charge is 0.335 e. The SMILES string of the molecule is CCCCOc1ccc(N2C(=O)NC(=O)/C(=C/c3ccc(OC)cc3OCc3cccc(Cl)c3)C2=O)cc1. The van der Waals surface area contributed by atoms with Gasteiger partial charge in [-0.05, 0) is 66.6 Å². The van der Waals surface area contributed by atoms with Gasteiger partial charge in [0.05, 0.1) is 19.4 Å². The second kappa shape index (κ2) is 12.3. The number of benzene rings is 3. The van der Waals surface area contributed by atoms with Crippen LogP contribution in [0.2, 0.25) is 5.02 Å². The number of anilines is 1. The average molecular weight is 535 g/mol. The fraction of sp³-hybridized carbons (Fsp3) is 0.207. The first kappa shape index (κ1) is 26.8. The minimum absolute atomic E-state index is 0.196. The number of nitrogens with zero attached hydrogens (tertiary/aromatic N) is 1. The standard InChI is InChI=1S/C29H27ClN2O6/c1-3-4-14-37-23-12-9-22(10-13-23)32-28(34)25(27(33)31-29(32)35)16-20-8-11-24(36-2)17-26(20)38-18-19-6-5-7-21(30)15-19/h5-13,15-17H,3-4,14,18H2,1-2H3,(H,31,33,35)/b25-16-. The molecule has 9 heteroatoms. The second-order valence-electron chi connectivity index (χ2n) is 8.48. The third-order valence-electron chi connectivity index (χ3n) is 5.77. The van der Waals surface area contributed by atoms with Crippen molar-refractivity contribution >= 4 is 41.2 Å². The van der Waals surface area contributed by atoms with Crippen molar-refractivity contribution < 1.29 is 28.6 Å². The highest BCUT2D eigenvalue weighted by atomic mass is 35.5. The van der Waals surface area contributed by atoms with Crippen LogP contribution in [0.4, 0.5) is 10.5 Å². The molecular weight excluding hydrogens is 508 g/mol. The zero-order valence-corrected chi connectivity index (χ0v) is 21.8. The summed E-state index contributed by atoms with van der Waals surface area (Å²) in [5.41, 5.74) is 1.39. The number of urea groups is 1. The highest BCUT2D eigenvalue weighted by Gasteiger charge is 2.37. The lowest BCUT2D eigenvalue weighted by Crippen LogP contribution is -2.54. The molecule has 4 rings (SSSR count). The van der Waals surface area contributed by atoms with Gasteiger partial charge in [0.15, 0.2) is 0 Å². The van der Waals surface area contributed by atoms with E-state index in [9.17, 15) is 14.4 Å². The zero-order chi connectivity index (χ0) is 27.1. The van der Waals surface area contributed by atoms with Gasteiger partial charge in [-0.3, -0.25) is 14.9 Å². The van der Waals surface area contributed by atoms with Gasteiger partial charge in [0.2, 0.25) is 0 Å². The van der Waals surface area contributed by atoms with Gasteiger partial charge in [-0.1, -0.05) is 37.1 Å². The molecule has 8 nitrogen and oxygen atoms in total. The molecule has 3 aromatic rings. The Bertz CT molecular complexity index is 1370. The highest BCUT2D eigenvalue weighted by molar-refractivity contribution is 6.39. The first-order valence-corrected chi connectivity index (χ1v) is 12.5. The number of carbonyl (C=O) groups excluding carboxylic acids is 3. The molecule has 196 valence electrons. The number of halogens is 1. The predicted octanol–water partition coefficient (Wildman–Crippen LogP) is 5.77. The molecule has 1 fully saturated rings. The maximum atomic E-state index is 13.4. The van der Waals surface area contributed by atoms with Crippen molar-refractivity contribution in [2.75, 3.05) is 18.6 Å². The van der Waals surface area contributed by atoms with E-state index in [2.05, 4.69) is 12.2 Å². The molecule has 3 aromatic carbocycles. The van der Waals surface area contributed by atoms with Crippen LogP contribution in [0.15, 0.2) is 72.3 Å². The molecule has 1 N–H and O–H groups in total. The molecule has 1 aliphatic rings. The molecule has 0 aromatic heterocycles. The molecule has 0 spiro atoms. The Labute approximate surface area is 225 Å². The molecule has 1 saturated heterocycles. The van der Waals surface area contributed by atoms with Crippen LogP contribution in [0.3, 0.4) is 0 Å². The highest BCUT2D eigenvalue weighted by Crippen LogP contribution is 2.30. The summed E-state index contributed by atoms with van der Waals surface area (Å²) in [4.78, 5) is 39.6. The fourth-order valence-electron chi connectivity index (χ4n) is 3.75. The normalized spacial score (nSPS) is 14.4. The molecule has 4 amide bonds. The van der Waals surface area contributed by atoms with Gasteiger partial charge >= 0.3 is 6.03 Å². The monoisotopic (exact) mass is 534 g/mol. The van der Waals surface area contributed by atoms with Crippen molar-refractivity contribution in [1.82, 2.24) is 5.32 Å². The lowest BCUT2D eigenvalue weighted by Gasteiger charge is -2.26. The molecule has 0 saturated carbocycles. The fourth-order valence-corrected chi connectivity index (χ4v) is 3.96. The summed E-state index contributed by atoms with van der Waals surface area (Å²) in [6.45, 7) is 2.84. The molecule has 1 aliphatic heterocycles. The summed E-state index contributed by atoms with van der Waals surface area (Å²) >= 11 is 6.07. The predicted molar refractivity (Wildman–Crippen MR) is 145 cm³/mol. The Kier molecular flexibility index (Phi) is 8.66. The lowest BCUT2D eigenvalue weighted by atomic mass is 10.1. The number of unbranched alkanes of at least 4 members (excludes halogenated alkanes) is 1. The topological polar surface area (TPSA) is 94.2 Å². The first-order valence-electron chi connectivity index (χ1n) is 12.1. The maximum absolute atomic E-state index is 13.4. The van der Waals surface area contributed by atoms with E-state index in [0.717, 1.165) is 23.3 Å². The third kappa shape index (κ3) is 6.33. The van der Waals surface area contributed by atoms with Crippen LogP contribution < -0.4 is 24.4 Å². The van der Waals surface area contributed by atoms with Gasteiger partial charge < -0.3 is 14.2 Å². The minimum atomic E-state index is -0.830. The van der Waals surface area contributed by atoms with E-state index in [1.807, 2.05) is 12.1 Å². The Morgan fingerprint density at radius 1 is 0.947 bits per heavy atom. The minimum Gasteiger partial charge on any atom is -0.497 e. The quantitative estimate of drug-likeness (QED) is 0.201. The summed E-state index contributed by atoms with van der Waals surface area (Å²) in [6, 6.07) is 18.0. The van der Waals surface area contributed by atoms with Crippen molar-refractivity contribution in [2.24, 2.45) is 0 Å². The van der Waals surface area contributed by atoms with E-state index in [1.54, 1.807) is 54.6 Å². The van der Waals surface area contributed by atoms with Crippen LogP contribution in [0.5, 0.6) is 17.2 Å². The van der Waals surface area contributed by atoms with Gasteiger partial charge in [0.1, 0.15) is 29.4 Å². The van der Waals surface area contributed by atoms with Crippen LogP contribution in [-0.4, -0.2) is 31.6 Å². The van der Waals surface area contributed by atoms with Gasteiger partial charge in [0, 0.05) is 16.7 Å². The van der Waals surface area contributed by atoms with Crippen molar-refractivity contribution in [3.8, 4) is 17.2 Å². The Morgan fingerprint density at radius 3 is 2.42 bits per heavy atom. The molecule has 0 radical (unpaired) electrons. The molecule has 1 heterocycles. The number of methoxy groups -OCH3 is 1. The van der Waals surface area contributed by atoms with E-state index in [1.165, 1.54) is 13.2 Å². The first-order chi connectivity index (χ1) is 18.4. The van der Waals surface area contributed by atoms with E-state index < -0.39 is 17.8 Å². The number of amides is 4. The van der Waals surface area contributed by atoms with Crippen LogP contribution in [0.25, 0.3) is 6.08 Å². The molecule has 0 atom stereocenters. The summed E-state index contributed by atoms with van der Waals surface area (Å²) in [5.74, 6) is -0.0128. The van der Waals surface area contributed by atoms with E-state index >= 15 is 0 Å². The number of ether oxygens (including phenoxy) is 3. The van der Waals surface area contributed by atoms with Gasteiger partial charge in [0.25, 0.3) is 11.8 Å². The Hall–Kier alpha value is -4.30. The molecular formula is C29H27ClN2O6. The van der Waals surface area contributed by atoms with Crippen LogP contribution in [-0.2, 0) is 16.2 Å². The lowest BCUT2D eigenvalue weighted by molar-refractivity contribution is -0.122. The summed E-state index contributed by atoms with van der Waals surface area (Å²) < 4.78 is 17.0. The summed E-state index contributed by atoms with van der Waals surface area (Å²) in [5, 5.41) is 2.82. The van der Waals surface area contributed by atoms with Crippen molar-refractivity contribution in [1.29, 1.82) is 0 Å². The van der Waals surface area contributed by atoms with Gasteiger partial charge in [-0.2, -0.15) is 0 Å². The van der Waals surface area contributed by atoms with Crippen molar-refractivity contribution in [3.63, 3.8) is 0 Å². The Morgan fingerprint density at radius 2 is 1.71 bits per heavy atom. The number of hydrogen-bond acceptors (Lipinski definition) is 6. The number of carbonyl (C=O) groups is 3. The molecule has 0 bridgehead atoms. The van der Waals surface area contributed by atoms with Crippen LogP contribution in [0.1, 0.15) is 30.9 Å². The largest absolute Gasteiger partial charge is 0.497 e. The van der Waals surface area contributed by atoms with Crippen LogP contribution in [0, 0.1) is 0 Å². The maximum Gasteiger partial charge on any atom is 0.335 e. The molecule has 0 aliphatic carbocycles. The van der Waals surface area contributed by atoms with Crippen molar-refractivity contribution in [2.45, 2.75) is 26.4 Å². The number of barbiturate groups is 1. The summed E-state index contributed by atoms with van der Waals surface area (Å²) in [7, 11) is 1.52. The number of nitrogens with one attached hydrogen (secondary N) is 1. The van der Waals surface area contributed by atoms with Crippen molar-refractivity contribution in [3.05, 3.63) is 88.5 Å². The Balaban J connectivity index is 1.61. The van der Waals surface area contributed by atoms with E-state index in [-0.39, 0.29) is 12.2 Å². The second-order valence-corrected chi connectivity index (χ2v) is 8.91. The van der Waals surface area contributed by atoms with Crippen LogP contribution >= 0.6 is 11.6 Å². The van der Waals surface area contributed by atoms with Gasteiger partial charge in [-0.15, -0.1) is 0 Å². The third-order valence-corrected chi connectivity index (χ3v) is 6.00. The summed E-state index contributed by atoms with van der Waals surface area (Å²) in [6.07, 6.45) is 3.32. The number of imide groups is 2. The van der Waals surface area contributed by atoms with Gasteiger partial charge in [-0.25, -0.2) is 9.69 Å². The number of hydrogen-bond donors (Lipinski definition) is 1. The zero-order valence-electron chi connectivity index (χ0n) is 21.0. The number of rotatable bonds is 10.